The smallest absolute Gasteiger partial charge is 0.0652 e. The maximum absolute atomic E-state index is 4.17. The van der Waals surface area contributed by atoms with Gasteiger partial charge in [-0.2, -0.15) is 0 Å². The molecule has 0 aromatic rings. The molecule has 0 aliphatic heterocycles. The lowest BCUT2D eigenvalue weighted by Crippen LogP contribution is -2.11. The van der Waals surface area contributed by atoms with Gasteiger partial charge in [-0.15, -0.1) is 11.8 Å². The lowest BCUT2D eigenvalue weighted by Gasteiger charge is -2.16. The molecule has 0 spiro atoms. The van der Waals surface area contributed by atoms with Gasteiger partial charge in [0.1, 0.15) is 0 Å². The fraction of sp³-hybridized carbons (Fsp3) is 0.440. The van der Waals surface area contributed by atoms with Crippen molar-refractivity contribution in [1.29, 1.82) is 0 Å². The highest BCUT2D eigenvalue weighted by molar-refractivity contribution is 8.03. The molecule has 0 radical (unpaired) electrons. The van der Waals surface area contributed by atoms with Gasteiger partial charge in [0.2, 0.25) is 0 Å². The van der Waals surface area contributed by atoms with E-state index in [0.717, 1.165) is 30.0 Å². The Morgan fingerprint density at radius 2 is 2.04 bits per heavy atom. The normalized spacial score (nSPS) is 15.1. The zero-order valence-corrected chi connectivity index (χ0v) is 18.3. The maximum atomic E-state index is 4.17. The summed E-state index contributed by atoms with van der Waals surface area (Å²) in [4.78, 5) is 0. The molecule has 1 nitrogen and oxygen atoms in total. The van der Waals surface area contributed by atoms with Crippen LogP contribution < -0.4 is 5.32 Å². The molecule has 0 saturated heterocycles. The monoisotopic (exact) mass is 383 g/mol. The first-order valence-electron chi connectivity index (χ1n) is 10.0. The molecule has 0 aromatic heterocycles. The molecule has 27 heavy (non-hydrogen) atoms. The highest BCUT2D eigenvalue weighted by atomic mass is 32.2. The van der Waals surface area contributed by atoms with Crippen molar-refractivity contribution in [2.24, 2.45) is 0 Å². The average Bonchev–Trinajstić information content (AvgIpc) is 2.85. The van der Waals surface area contributed by atoms with Crippen LogP contribution in [0.3, 0.4) is 0 Å². The van der Waals surface area contributed by atoms with Crippen molar-refractivity contribution in [1.82, 2.24) is 5.32 Å². The van der Waals surface area contributed by atoms with Crippen LogP contribution in [0.25, 0.3) is 0 Å². The van der Waals surface area contributed by atoms with Crippen molar-refractivity contribution in [2.75, 3.05) is 0 Å². The SMILES string of the molecule is C=C(C)C/C(=C\C)CCCCC(C)SC(=C)NC(=C)CC1=CC=CCC=C1. The summed E-state index contributed by atoms with van der Waals surface area (Å²) in [6, 6.07) is 0. The van der Waals surface area contributed by atoms with Gasteiger partial charge >= 0.3 is 0 Å². The highest BCUT2D eigenvalue weighted by Gasteiger charge is 2.07. The van der Waals surface area contributed by atoms with Gasteiger partial charge in [0.05, 0.1) is 5.03 Å². The minimum absolute atomic E-state index is 0.563. The Kier molecular flexibility index (Phi) is 11.7. The van der Waals surface area contributed by atoms with Crippen LogP contribution in [0.1, 0.15) is 65.7 Å². The van der Waals surface area contributed by atoms with Crippen molar-refractivity contribution in [3.05, 3.63) is 83.6 Å². The summed E-state index contributed by atoms with van der Waals surface area (Å²) < 4.78 is 0. The molecule has 148 valence electrons. The summed E-state index contributed by atoms with van der Waals surface area (Å²) in [6.45, 7) is 18.9. The minimum Gasteiger partial charge on any atom is -0.354 e. The van der Waals surface area contributed by atoms with Crippen molar-refractivity contribution in [3.63, 3.8) is 0 Å². The van der Waals surface area contributed by atoms with Crippen molar-refractivity contribution >= 4 is 11.8 Å². The zero-order valence-electron chi connectivity index (χ0n) is 17.5. The molecule has 0 bridgehead atoms. The van der Waals surface area contributed by atoms with Crippen molar-refractivity contribution in [3.8, 4) is 0 Å². The third kappa shape index (κ3) is 11.6. The second-order valence-electron chi connectivity index (χ2n) is 7.39. The molecule has 0 fully saturated rings. The van der Waals surface area contributed by atoms with Gasteiger partial charge in [0.15, 0.2) is 0 Å². The molecule has 1 N–H and O–H groups in total. The number of unbranched alkanes of at least 4 members (excludes halogenated alkanes) is 1. The average molecular weight is 384 g/mol. The zero-order chi connectivity index (χ0) is 20.1. The van der Waals surface area contributed by atoms with Gasteiger partial charge in [0.25, 0.3) is 0 Å². The van der Waals surface area contributed by atoms with Gasteiger partial charge < -0.3 is 5.32 Å². The van der Waals surface area contributed by atoms with Crippen LogP contribution in [0.4, 0.5) is 0 Å². The number of thioether (sulfide) groups is 1. The first-order chi connectivity index (χ1) is 12.9. The van der Waals surface area contributed by atoms with E-state index in [9.17, 15) is 0 Å². The Bertz CT molecular complexity index is 631. The quantitative estimate of drug-likeness (QED) is 0.255. The Morgan fingerprint density at radius 3 is 2.74 bits per heavy atom. The lowest BCUT2D eigenvalue weighted by molar-refractivity contribution is 0.667. The van der Waals surface area contributed by atoms with Gasteiger partial charge in [-0.3, -0.25) is 0 Å². The van der Waals surface area contributed by atoms with E-state index in [2.05, 4.69) is 82.3 Å². The third-order valence-electron chi connectivity index (χ3n) is 4.42. The van der Waals surface area contributed by atoms with E-state index in [4.69, 9.17) is 0 Å². The van der Waals surface area contributed by atoms with Gasteiger partial charge in [0, 0.05) is 17.4 Å². The molecule has 1 unspecified atom stereocenters. The fourth-order valence-electron chi connectivity index (χ4n) is 3.07. The number of hydrogen-bond donors (Lipinski definition) is 1. The van der Waals surface area contributed by atoms with E-state index < -0.39 is 0 Å². The third-order valence-corrected chi connectivity index (χ3v) is 5.45. The molecule has 1 aliphatic rings. The van der Waals surface area contributed by atoms with Crippen LogP contribution in [0.5, 0.6) is 0 Å². The van der Waals surface area contributed by atoms with Gasteiger partial charge in [-0.25, -0.2) is 0 Å². The van der Waals surface area contributed by atoms with Crippen LogP contribution in [0, 0.1) is 0 Å². The first kappa shape index (κ1) is 23.4. The number of hydrogen-bond acceptors (Lipinski definition) is 2. The number of nitrogens with one attached hydrogen (secondary N) is 1. The summed E-state index contributed by atoms with van der Waals surface area (Å²) in [5.74, 6) is 0. The minimum atomic E-state index is 0.563. The molecule has 0 amide bonds. The van der Waals surface area contributed by atoms with Crippen LogP contribution >= 0.6 is 11.8 Å². The van der Waals surface area contributed by atoms with E-state index in [1.54, 1.807) is 0 Å². The Balaban J connectivity index is 2.23. The summed E-state index contributed by atoms with van der Waals surface area (Å²) >= 11 is 1.82. The molecule has 1 aliphatic carbocycles. The van der Waals surface area contributed by atoms with E-state index in [-0.39, 0.29) is 0 Å². The second kappa shape index (κ2) is 13.5. The predicted molar refractivity (Wildman–Crippen MR) is 126 cm³/mol. The van der Waals surface area contributed by atoms with Crippen molar-refractivity contribution < 1.29 is 0 Å². The first-order valence-corrected chi connectivity index (χ1v) is 10.9. The fourth-order valence-corrected chi connectivity index (χ4v) is 4.04. The molecule has 0 aromatic carbocycles. The van der Waals surface area contributed by atoms with E-state index >= 15 is 0 Å². The second-order valence-corrected chi connectivity index (χ2v) is 8.92. The molecule has 2 heteroatoms. The molecular formula is C25H37NS. The van der Waals surface area contributed by atoms with E-state index in [1.807, 2.05) is 11.8 Å². The summed E-state index contributed by atoms with van der Waals surface area (Å²) in [5, 5.41) is 4.93. The standard InChI is InChI=1S/C25H37NS/c1-7-24(18-20(2)3)15-13-12-14-22(5)27-23(6)26-21(4)19-25-16-10-8-9-11-17-25/h7-8,10-11,16-17,22,26H,2,4,6,9,12-15,18-19H2,1,3,5H3/b24-7-. The Morgan fingerprint density at radius 1 is 1.26 bits per heavy atom. The van der Waals surface area contributed by atoms with Crippen LogP contribution in [-0.4, -0.2) is 5.25 Å². The Hall–Kier alpha value is -1.67. The topological polar surface area (TPSA) is 12.0 Å². The van der Waals surface area contributed by atoms with Gasteiger partial charge in [-0.1, -0.05) is 80.7 Å². The van der Waals surface area contributed by atoms with E-state index in [0.29, 0.717) is 5.25 Å². The van der Waals surface area contributed by atoms with Crippen LogP contribution in [0.2, 0.25) is 0 Å². The maximum Gasteiger partial charge on any atom is 0.0652 e. The largest absolute Gasteiger partial charge is 0.354 e. The summed E-state index contributed by atoms with van der Waals surface area (Å²) in [7, 11) is 0. The molecular weight excluding hydrogens is 346 g/mol. The summed E-state index contributed by atoms with van der Waals surface area (Å²) in [5.41, 5.74) is 5.05. The molecule has 0 saturated carbocycles. The van der Waals surface area contributed by atoms with Crippen molar-refractivity contribution in [2.45, 2.75) is 71.0 Å². The molecule has 0 heterocycles. The Labute approximate surface area is 171 Å². The van der Waals surface area contributed by atoms with Crippen LogP contribution in [0.15, 0.2) is 83.6 Å². The van der Waals surface area contributed by atoms with E-state index in [1.165, 1.54) is 42.4 Å². The highest BCUT2D eigenvalue weighted by Crippen LogP contribution is 2.25. The predicted octanol–water partition coefficient (Wildman–Crippen LogP) is 7.99. The molecule has 1 rings (SSSR count). The molecule has 1 atom stereocenters. The summed E-state index contributed by atoms with van der Waals surface area (Å²) in [6.07, 6.45) is 20.8. The van der Waals surface area contributed by atoms with Gasteiger partial charge in [-0.05, 0) is 51.5 Å². The number of allylic oxidation sites excluding steroid dienone is 9. The lowest BCUT2D eigenvalue weighted by atomic mass is 10.0. The van der Waals surface area contributed by atoms with Crippen LogP contribution in [-0.2, 0) is 0 Å². The number of rotatable bonds is 13.